The Morgan fingerprint density at radius 2 is 2.03 bits per heavy atom. The van der Waals surface area contributed by atoms with Crippen LogP contribution >= 0.6 is 11.6 Å². The Balaban J connectivity index is 1.19. The van der Waals surface area contributed by atoms with Crippen molar-refractivity contribution in [1.82, 2.24) is 15.3 Å². The van der Waals surface area contributed by atoms with Crippen molar-refractivity contribution >= 4 is 34.0 Å². The number of nitrogens with one attached hydrogen (secondary N) is 2. The maximum Gasteiger partial charge on any atom is 0.188 e. The zero-order chi connectivity index (χ0) is 24.0. The summed E-state index contributed by atoms with van der Waals surface area (Å²) in [6.07, 6.45) is 3.42. The minimum absolute atomic E-state index is 0.0320. The molecule has 2 saturated heterocycles. The summed E-state index contributed by atoms with van der Waals surface area (Å²) in [4.78, 5) is 8.73. The van der Waals surface area contributed by atoms with Gasteiger partial charge in [-0.1, -0.05) is 11.6 Å². The fourth-order valence-corrected chi connectivity index (χ4v) is 5.69. The zero-order valence-corrected chi connectivity index (χ0v) is 20.0. The van der Waals surface area contributed by atoms with Gasteiger partial charge in [0.25, 0.3) is 0 Å². The molecule has 3 fully saturated rings. The number of halogens is 2. The highest BCUT2D eigenvalue weighted by Crippen LogP contribution is 2.65. The van der Waals surface area contributed by atoms with Gasteiger partial charge in [0.2, 0.25) is 0 Å². The Labute approximate surface area is 207 Å². The average molecular weight is 501 g/mol. The molecule has 3 aliphatic rings. The summed E-state index contributed by atoms with van der Waals surface area (Å²) in [6, 6.07) is 8.11. The summed E-state index contributed by atoms with van der Waals surface area (Å²) >= 11 is 5.93. The number of nitrogens with zero attached hydrogens (tertiary/aromatic N) is 2. The second-order valence-electron chi connectivity index (χ2n) is 9.24. The largest absolute Gasteiger partial charge is 0.493 e. The van der Waals surface area contributed by atoms with Crippen LogP contribution in [-0.4, -0.2) is 55.8 Å². The molecule has 1 aromatic heterocycles. The zero-order valence-electron chi connectivity index (χ0n) is 19.3. The van der Waals surface area contributed by atoms with Crippen molar-refractivity contribution in [3.63, 3.8) is 0 Å². The van der Waals surface area contributed by atoms with E-state index in [4.69, 9.17) is 30.5 Å². The fourth-order valence-electron chi connectivity index (χ4n) is 5.50. The molecule has 8 nitrogen and oxygen atoms in total. The third kappa shape index (κ3) is 3.87. The minimum atomic E-state index is -0.479. The van der Waals surface area contributed by atoms with E-state index in [1.165, 1.54) is 18.5 Å². The molecule has 6 rings (SSSR count). The van der Waals surface area contributed by atoms with Crippen molar-refractivity contribution < 1.29 is 23.3 Å². The molecule has 184 valence electrons. The van der Waals surface area contributed by atoms with Gasteiger partial charge in [-0.3, -0.25) is 0 Å². The highest BCUT2D eigenvalue weighted by atomic mass is 35.5. The van der Waals surface area contributed by atoms with Crippen LogP contribution in [0.2, 0.25) is 5.02 Å². The predicted octanol–water partition coefficient (Wildman–Crippen LogP) is 4.30. The van der Waals surface area contributed by atoms with E-state index in [9.17, 15) is 4.39 Å². The molecule has 2 spiro atoms. The molecule has 0 radical (unpaired) electrons. The molecule has 35 heavy (non-hydrogen) atoms. The molecule has 2 N–H and O–H groups in total. The molecule has 1 saturated carbocycles. The van der Waals surface area contributed by atoms with Crippen molar-refractivity contribution in [3.05, 3.63) is 47.5 Å². The van der Waals surface area contributed by atoms with E-state index in [-0.39, 0.29) is 10.4 Å². The number of methoxy groups -OCH3 is 1. The Hall–Kier alpha value is -2.72. The number of anilines is 2. The number of aromatic nitrogens is 2. The minimum Gasteiger partial charge on any atom is -0.493 e. The van der Waals surface area contributed by atoms with Crippen molar-refractivity contribution in [1.29, 1.82) is 0 Å². The fraction of sp³-hybridized carbons (Fsp3) is 0.440. The van der Waals surface area contributed by atoms with E-state index < -0.39 is 11.6 Å². The van der Waals surface area contributed by atoms with Crippen LogP contribution in [0.25, 0.3) is 10.9 Å². The number of benzene rings is 2. The van der Waals surface area contributed by atoms with Crippen LogP contribution in [0.4, 0.5) is 15.9 Å². The van der Waals surface area contributed by atoms with Crippen LogP contribution in [0.3, 0.4) is 0 Å². The molecule has 2 aliphatic heterocycles. The maximum absolute atomic E-state index is 13.6. The number of rotatable bonds is 7. The molecule has 2 unspecified atom stereocenters. The first kappa shape index (κ1) is 22.7. The first-order valence-electron chi connectivity index (χ1n) is 11.7. The second-order valence-corrected chi connectivity index (χ2v) is 9.65. The van der Waals surface area contributed by atoms with Crippen molar-refractivity contribution in [2.45, 2.75) is 18.6 Å². The van der Waals surface area contributed by atoms with E-state index in [2.05, 4.69) is 20.6 Å². The van der Waals surface area contributed by atoms with Crippen LogP contribution in [0.15, 0.2) is 36.7 Å². The average Bonchev–Trinajstić information content (AvgIpc) is 3.19. The maximum atomic E-state index is 13.6. The third-order valence-corrected chi connectivity index (χ3v) is 7.66. The molecule has 3 heterocycles. The molecule has 0 bridgehead atoms. The lowest BCUT2D eigenvalue weighted by Crippen LogP contribution is -2.41. The van der Waals surface area contributed by atoms with E-state index >= 15 is 0 Å². The summed E-state index contributed by atoms with van der Waals surface area (Å²) in [5.74, 6) is 1.29. The first-order valence-corrected chi connectivity index (χ1v) is 12.1. The van der Waals surface area contributed by atoms with Gasteiger partial charge in [-0.25, -0.2) is 14.4 Å². The molecule has 1 aliphatic carbocycles. The summed E-state index contributed by atoms with van der Waals surface area (Å²) < 4.78 is 37.4. The van der Waals surface area contributed by atoms with Crippen molar-refractivity contribution in [2.75, 3.05) is 45.3 Å². The van der Waals surface area contributed by atoms with Crippen LogP contribution in [0, 0.1) is 17.2 Å². The molecule has 10 heteroatoms. The van der Waals surface area contributed by atoms with Gasteiger partial charge in [0.05, 0.1) is 44.0 Å². The van der Waals surface area contributed by atoms with Crippen LogP contribution in [0.1, 0.15) is 12.8 Å². The second kappa shape index (κ2) is 8.74. The number of hydrogen-bond donors (Lipinski definition) is 2. The number of ether oxygens (including phenoxy) is 4. The molecule has 2 aromatic carbocycles. The lowest BCUT2D eigenvalue weighted by atomic mass is 9.95. The highest BCUT2D eigenvalue weighted by molar-refractivity contribution is 6.31. The highest BCUT2D eigenvalue weighted by Gasteiger charge is 2.71. The Morgan fingerprint density at radius 1 is 1.17 bits per heavy atom. The summed E-state index contributed by atoms with van der Waals surface area (Å²) in [5.41, 5.74) is 1.35. The van der Waals surface area contributed by atoms with E-state index in [1.54, 1.807) is 13.2 Å². The Kier molecular flexibility index (Phi) is 5.68. The van der Waals surface area contributed by atoms with Gasteiger partial charge in [-0.05, 0) is 43.0 Å². The molecule has 3 aromatic rings. The Bertz CT molecular complexity index is 1270. The van der Waals surface area contributed by atoms with Gasteiger partial charge in [0, 0.05) is 29.1 Å². The van der Waals surface area contributed by atoms with Crippen molar-refractivity contribution in [3.8, 4) is 11.5 Å². The predicted molar refractivity (Wildman–Crippen MR) is 129 cm³/mol. The van der Waals surface area contributed by atoms with Crippen LogP contribution in [-0.2, 0) is 9.47 Å². The molecule has 0 amide bonds. The van der Waals surface area contributed by atoms with Gasteiger partial charge < -0.3 is 29.6 Å². The smallest absolute Gasteiger partial charge is 0.188 e. The van der Waals surface area contributed by atoms with Gasteiger partial charge in [-0.15, -0.1) is 0 Å². The normalized spacial score (nSPS) is 24.4. The van der Waals surface area contributed by atoms with E-state index in [0.29, 0.717) is 54.3 Å². The third-order valence-electron chi connectivity index (χ3n) is 7.37. The van der Waals surface area contributed by atoms with Crippen LogP contribution in [0.5, 0.6) is 11.5 Å². The summed E-state index contributed by atoms with van der Waals surface area (Å²) in [7, 11) is 1.60. The van der Waals surface area contributed by atoms with Gasteiger partial charge in [0.1, 0.15) is 18.0 Å². The SMILES string of the molecule is COc1cc2ncnc(Nc3ccc(F)c(Cl)c3)c2cc1OCCC1CC12CNCC21OCCO1. The molecular weight excluding hydrogens is 475 g/mol. The quantitative estimate of drug-likeness (QED) is 0.496. The lowest BCUT2D eigenvalue weighted by Gasteiger charge is -2.29. The van der Waals surface area contributed by atoms with Gasteiger partial charge in [0.15, 0.2) is 17.3 Å². The monoisotopic (exact) mass is 500 g/mol. The lowest BCUT2D eigenvalue weighted by molar-refractivity contribution is -0.183. The van der Waals surface area contributed by atoms with E-state index in [0.717, 1.165) is 31.3 Å². The standard InChI is InChI=1S/C25H26ClFN4O4/c1-32-21-10-20-17(23(30-14-29-20)31-16-2-3-19(27)18(26)8-16)9-22(21)33-5-4-15-11-24(15)12-28-13-25(24)34-6-7-35-25/h2-3,8-10,14-15,28H,4-7,11-13H2,1H3,(H,29,30,31). The van der Waals surface area contributed by atoms with E-state index in [1.807, 2.05) is 12.1 Å². The first-order chi connectivity index (χ1) is 17.0. The molecular formula is C25H26ClFN4O4. The van der Waals surface area contributed by atoms with Gasteiger partial charge >= 0.3 is 0 Å². The summed E-state index contributed by atoms with van der Waals surface area (Å²) in [6.45, 7) is 3.51. The topological polar surface area (TPSA) is 86.8 Å². The number of hydrogen-bond acceptors (Lipinski definition) is 8. The van der Waals surface area contributed by atoms with Crippen molar-refractivity contribution in [2.24, 2.45) is 11.3 Å². The number of fused-ring (bicyclic) bond motifs is 2. The molecule has 2 atom stereocenters. The summed E-state index contributed by atoms with van der Waals surface area (Å²) in [5, 5.41) is 7.43. The van der Waals surface area contributed by atoms with Gasteiger partial charge in [-0.2, -0.15) is 0 Å². The van der Waals surface area contributed by atoms with Crippen LogP contribution < -0.4 is 20.1 Å². The Morgan fingerprint density at radius 3 is 2.83 bits per heavy atom.